The van der Waals surface area contributed by atoms with Crippen LogP contribution in [-0.2, 0) is 0 Å². The molecule has 2 nitrogen and oxygen atoms in total. The number of rotatable bonds is 9. The Morgan fingerprint density at radius 1 is 0.630 bits per heavy atom. The van der Waals surface area contributed by atoms with Gasteiger partial charge in [0.15, 0.2) is 0 Å². The molecule has 0 spiro atoms. The molecule has 1 aromatic heterocycles. The molecule has 0 radical (unpaired) electrons. The largest absolute Gasteiger partial charge is 0.338 e. The molecule has 0 aliphatic heterocycles. The summed E-state index contributed by atoms with van der Waals surface area (Å²) in [5.74, 6) is 0.633. The number of nitrogens with zero attached hydrogens (tertiary/aromatic N) is 2. The topological polar surface area (TPSA) is 8.17 Å². The summed E-state index contributed by atoms with van der Waals surface area (Å²) in [4.78, 5) is 2.41. The van der Waals surface area contributed by atoms with Crippen LogP contribution < -0.4 is 4.90 Å². The number of aromatic nitrogens is 1. The average molecular weight is 695 g/mol. The van der Waals surface area contributed by atoms with E-state index in [9.17, 15) is 0 Å². The van der Waals surface area contributed by atoms with Crippen molar-refractivity contribution in [3.63, 3.8) is 0 Å². The Kier molecular flexibility index (Phi) is 9.08. The average Bonchev–Trinajstić information content (AvgIpc) is 3.60. The highest BCUT2D eigenvalue weighted by Gasteiger charge is 2.31. The Morgan fingerprint density at radius 2 is 1.30 bits per heavy atom. The predicted molar refractivity (Wildman–Crippen MR) is 230 cm³/mol. The molecule has 2 heteroatoms. The lowest BCUT2D eigenvalue weighted by Crippen LogP contribution is -2.16. The van der Waals surface area contributed by atoms with Gasteiger partial charge in [-0.15, -0.1) is 0 Å². The minimum absolute atomic E-state index is 0.285. The van der Waals surface area contributed by atoms with Crippen molar-refractivity contribution in [1.82, 2.24) is 4.57 Å². The second-order valence-corrected chi connectivity index (χ2v) is 14.0. The van der Waals surface area contributed by atoms with Crippen LogP contribution in [0.4, 0.5) is 11.4 Å². The van der Waals surface area contributed by atoms with E-state index in [1.807, 2.05) is 0 Å². The molecular weight excluding hydrogens is 653 g/mol. The molecule has 1 heterocycles. The third-order valence-electron chi connectivity index (χ3n) is 10.8. The minimum atomic E-state index is 0.285. The first-order chi connectivity index (χ1) is 26.8. The van der Waals surface area contributed by atoms with Crippen LogP contribution in [0.1, 0.15) is 29.7 Å². The molecule has 0 bridgehead atoms. The zero-order valence-corrected chi connectivity index (χ0v) is 30.5. The molecule has 54 heavy (non-hydrogen) atoms. The summed E-state index contributed by atoms with van der Waals surface area (Å²) in [5, 5.41) is 1.33. The molecular formula is C52H42N2. The molecule has 2 aliphatic carbocycles. The van der Waals surface area contributed by atoms with Gasteiger partial charge in [0.25, 0.3) is 0 Å². The lowest BCUT2D eigenvalue weighted by atomic mass is 9.77. The predicted octanol–water partition coefficient (Wildman–Crippen LogP) is 13.6. The molecule has 0 amide bonds. The molecule has 6 aromatic carbocycles. The number of benzene rings is 6. The van der Waals surface area contributed by atoms with Crippen molar-refractivity contribution in [3.8, 4) is 27.9 Å². The summed E-state index contributed by atoms with van der Waals surface area (Å²) in [6.07, 6.45) is 20.6. The van der Waals surface area contributed by atoms with Crippen molar-refractivity contribution >= 4 is 33.9 Å². The van der Waals surface area contributed by atoms with Crippen LogP contribution in [0.5, 0.6) is 0 Å². The quantitative estimate of drug-likeness (QED) is 0.137. The smallest absolute Gasteiger partial charge is 0.0544 e. The lowest BCUT2D eigenvalue weighted by molar-refractivity contribution is 0.693. The summed E-state index contributed by atoms with van der Waals surface area (Å²) >= 11 is 0. The van der Waals surface area contributed by atoms with Crippen molar-refractivity contribution in [2.45, 2.75) is 12.8 Å². The van der Waals surface area contributed by atoms with Gasteiger partial charge in [0.05, 0.1) is 11.2 Å². The number of allylic oxidation sites excluding steroid dienone is 8. The van der Waals surface area contributed by atoms with Crippen molar-refractivity contribution in [2.24, 2.45) is 5.92 Å². The van der Waals surface area contributed by atoms with Gasteiger partial charge in [-0.25, -0.2) is 0 Å². The molecule has 0 saturated heterocycles. The Labute approximate surface area is 318 Å². The zero-order chi connectivity index (χ0) is 36.3. The molecule has 2 atom stereocenters. The molecule has 0 N–H and O–H groups in total. The Balaban J connectivity index is 1.09. The maximum absolute atomic E-state index is 2.45. The maximum atomic E-state index is 2.45. The fraction of sp³-hybridized carbons (Fsp3) is 0.0769. The molecule has 2 aliphatic rings. The van der Waals surface area contributed by atoms with Gasteiger partial charge in [-0.3, -0.25) is 0 Å². The van der Waals surface area contributed by atoms with E-state index in [1.54, 1.807) is 0 Å². The van der Waals surface area contributed by atoms with Crippen molar-refractivity contribution in [3.05, 3.63) is 223 Å². The van der Waals surface area contributed by atoms with E-state index < -0.39 is 0 Å². The van der Waals surface area contributed by atoms with Crippen LogP contribution in [0.15, 0.2) is 206 Å². The number of hydrogen-bond acceptors (Lipinski definition) is 1. The van der Waals surface area contributed by atoms with Crippen LogP contribution >= 0.6 is 0 Å². The molecule has 260 valence electrons. The van der Waals surface area contributed by atoms with E-state index in [1.165, 1.54) is 61.2 Å². The minimum Gasteiger partial charge on any atom is -0.338 e. The van der Waals surface area contributed by atoms with Crippen LogP contribution in [0.3, 0.4) is 0 Å². The first-order valence-electron chi connectivity index (χ1n) is 18.9. The van der Waals surface area contributed by atoms with Crippen LogP contribution in [0.25, 0.3) is 50.5 Å². The second kappa shape index (κ2) is 14.8. The van der Waals surface area contributed by atoms with Crippen molar-refractivity contribution < 1.29 is 0 Å². The fourth-order valence-electron chi connectivity index (χ4n) is 8.22. The number of para-hydroxylation sites is 2. The van der Waals surface area contributed by atoms with E-state index in [4.69, 9.17) is 0 Å². The van der Waals surface area contributed by atoms with Gasteiger partial charge in [-0.1, -0.05) is 164 Å². The van der Waals surface area contributed by atoms with E-state index in [0.29, 0.717) is 5.92 Å². The Morgan fingerprint density at radius 3 is 2.07 bits per heavy atom. The highest BCUT2D eigenvalue weighted by Crippen LogP contribution is 2.47. The number of anilines is 2. The normalized spacial score (nSPS) is 16.1. The van der Waals surface area contributed by atoms with Gasteiger partial charge in [-0.05, 0) is 94.4 Å². The van der Waals surface area contributed by atoms with Gasteiger partial charge in [0.1, 0.15) is 0 Å². The van der Waals surface area contributed by atoms with Crippen molar-refractivity contribution in [2.75, 3.05) is 11.4 Å². The SMILES string of the molecule is C/C=C(\C=C/CN(c1ccccc1)c1cccc(-c2cccc3c2c2c(n3-c3ccccc3)C=CC3C=CC=CC23)c1)c1ccc(-c2ccccc2)cc1. The van der Waals surface area contributed by atoms with Crippen LogP contribution in [-0.4, -0.2) is 11.1 Å². The molecule has 2 unspecified atom stereocenters. The third-order valence-corrected chi connectivity index (χ3v) is 10.8. The molecule has 9 rings (SSSR count). The summed E-state index contributed by atoms with van der Waals surface area (Å²) in [6, 6.07) is 56.9. The molecule has 7 aromatic rings. The van der Waals surface area contributed by atoms with Gasteiger partial charge < -0.3 is 9.47 Å². The van der Waals surface area contributed by atoms with E-state index in [2.05, 4.69) is 229 Å². The van der Waals surface area contributed by atoms with Crippen LogP contribution in [0, 0.1) is 5.92 Å². The van der Waals surface area contributed by atoms with Crippen LogP contribution in [0.2, 0.25) is 0 Å². The standard InChI is InChI=1S/C52H42N2/c1-2-38(40-30-32-41(33-31-40)39-17-6-3-7-18-39)21-16-36-53(44-22-8-4-9-23-44)46-26-14-20-43(37-46)48-28-15-29-49-52(48)51-47-27-13-12-19-42(47)34-35-50(51)54(49)45-24-10-5-11-25-45/h2-35,37,42,47H,36H2,1H3/b21-16-,38-2+. The first kappa shape index (κ1) is 33.2. The highest BCUT2D eigenvalue weighted by molar-refractivity contribution is 6.03. The first-order valence-corrected chi connectivity index (χ1v) is 18.9. The fourth-order valence-corrected chi connectivity index (χ4v) is 8.22. The number of hydrogen-bond donors (Lipinski definition) is 0. The third kappa shape index (κ3) is 6.27. The molecule has 0 saturated carbocycles. The van der Waals surface area contributed by atoms with E-state index in [-0.39, 0.29) is 5.92 Å². The van der Waals surface area contributed by atoms with Gasteiger partial charge in [-0.2, -0.15) is 0 Å². The van der Waals surface area contributed by atoms with Gasteiger partial charge in [0, 0.05) is 40.8 Å². The van der Waals surface area contributed by atoms with Gasteiger partial charge >= 0.3 is 0 Å². The Hall–Kier alpha value is -6.64. The lowest BCUT2D eigenvalue weighted by Gasteiger charge is -2.27. The summed E-state index contributed by atoms with van der Waals surface area (Å²) in [6.45, 7) is 2.84. The van der Waals surface area contributed by atoms with E-state index in [0.717, 1.165) is 17.9 Å². The van der Waals surface area contributed by atoms with Crippen molar-refractivity contribution in [1.29, 1.82) is 0 Å². The monoisotopic (exact) mass is 694 g/mol. The van der Waals surface area contributed by atoms with Gasteiger partial charge in [0.2, 0.25) is 0 Å². The zero-order valence-electron chi connectivity index (χ0n) is 30.5. The molecule has 0 fully saturated rings. The summed E-state index contributed by atoms with van der Waals surface area (Å²) < 4.78 is 2.45. The number of fused-ring (bicyclic) bond motifs is 5. The summed E-state index contributed by atoms with van der Waals surface area (Å²) in [5.41, 5.74) is 14.8. The summed E-state index contributed by atoms with van der Waals surface area (Å²) in [7, 11) is 0. The second-order valence-electron chi connectivity index (χ2n) is 14.0. The maximum Gasteiger partial charge on any atom is 0.0544 e. The Bertz CT molecular complexity index is 2570. The van der Waals surface area contributed by atoms with E-state index >= 15 is 0 Å². The highest BCUT2D eigenvalue weighted by atomic mass is 15.1.